The lowest BCUT2D eigenvalue weighted by Crippen LogP contribution is -2.40. The Morgan fingerprint density at radius 1 is 1.18 bits per heavy atom. The highest BCUT2D eigenvalue weighted by molar-refractivity contribution is 9.10. The summed E-state index contributed by atoms with van der Waals surface area (Å²) in [5, 5.41) is 5.36. The van der Waals surface area contributed by atoms with E-state index in [-0.39, 0.29) is 35.5 Å². The van der Waals surface area contributed by atoms with Crippen molar-refractivity contribution in [1.29, 1.82) is 0 Å². The number of carbonyl (C=O) groups is 2. The monoisotopic (exact) mass is 444 g/mol. The molecule has 5 aliphatic rings. The SMILES string of the molecule is CCOc1c(Br)cc(/C=N\N2C(=O)[C@H]3[C@@H]4C=C[C@H]([C@H]5C[C@H]45)[C@@H]3C2=O)cc1OC. The molecule has 146 valence electrons. The molecule has 1 aromatic rings. The van der Waals surface area contributed by atoms with E-state index in [1.165, 1.54) is 6.21 Å². The van der Waals surface area contributed by atoms with Gasteiger partial charge in [-0.2, -0.15) is 10.1 Å². The van der Waals surface area contributed by atoms with E-state index in [0.29, 0.717) is 35.5 Å². The third-order valence-electron chi connectivity index (χ3n) is 6.50. The highest BCUT2D eigenvalue weighted by Gasteiger charge is 2.67. The summed E-state index contributed by atoms with van der Waals surface area (Å²) in [5.74, 6) is 1.98. The molecule has 6 atom stereocenters. The zero-order chi connectivity index (χ0) is 19.6. The van der Waals surface area contributed by atoms with Crippen molar-refractivity contribution in [2.75, 3.05) is 13.7 Å². The number of amides is 2. The minimum Gasteiger partial charge on any atom is -0.493 e. The van der Waals surface area contributed by atoms with E-state index in [1.54, 1.807) is 13.2 Å². The molecule has 6 rings (SSSR count). The lowest BCUT2D eigenvalue weighted by atomic mass is 9.63. The largest absolute Gasteiger partial charge is 0.493 e. The van der Waals surface area contributed by atoms with Crippen LogP contribution in [0.1, 0.15) is 18.9 Å². The predicted molar refractivity (Wildman–Crippen MR) is 106 cm³/mol. The molecule has 2 saturated carbocycles. The Balaban J connectivity index is 1.41. The van der Waals surface area contributed by atoms with Crippen molar-refractivity contribution in [2.24, 2.45) is 40.6 Å². The summed E-state index contributed by atoms with van der Waals surface area (Å²) in [7, 11) is 1.57. The van der Waals surface area contributed by atoms with Gasteiger partial charge in [0.15, 0.2) is 11.5 Å². The summed E-state index contributed by atoms with van der Waals surface area (Å²) in [5.41, 5.74) is 0.714. The number of rotatable bonds is 5. The van der Waals surface area contributed by atoms with Crippen molar-refractivity contribution in [3.05, 3.63) is 34.3 Å². The highest BCUT2D eigenvalue weighted by Crippen LogP contribution is 2.65. The Morgan fingerprint density at radius 2 is 1.82 bits per heavy atom. The zero-order valence-corrected chi connectivity index (χ0v) is 17.3. The smallest absolute Gasteiger partial charge is 0.254 e. The molecule has 1 aliphatic heterocycles. The Bertz CT molecular complexity index is 891. The summed E-state index contributed by atoms with van der Waals surface area (Å²) >= 11 is 3.48. The lowest BCUT2D eigenvalue weighted by Gasteiger charge is -2.37. The first kappa shape index (κ1) is 17.9. The van der Waals surface area contributed by atoms with E-state index in [1.807, 2.05) is 13.0 Å². The van der Waals surface area contributed by atoms with Gasteiger partial charge in [-0.25, -0.2) is 0 Å². The molecular formula is C21H21BrN2O4. The van der Waals surface area contributed by atoms with Gasteiger partial charge in [0.05, 0.1) is 36.2 Å². The molecule has 3 fully saturated rings. The van der Waals surface area contributed by atoms with Gasteiger partial charge in [0.25, 0.3) is 11.8 Å². The molecule has 4 aliphatic carbocycles. The number of imide groups is 1. The van der Waals surface area contributed by atoms with Crippen LogP contribution in [0.3, 0.4) is 0 Å². The summed E-state index contributed by atoms with van der Waals surface area (Å²) in [6, 6.07) is 3.60. The van der Waals surface area contributed by atoms with Crippen LogP contribution in [0.25, 0.3) is 0 Å². The Kier molecular flexibility index (Phi) is 4.12. The fourth-order valence-corrected chi connectivity index (χ4v) is 5.85. The molecule has 1 aromatic carbocycles. The summed E-state index contributed by atoms with van der Waals surface area (Å²) in [6.45, 7) is 2.41. The van der Waals surface area contributed by atoms with Gasteiger partial charge in [-0.15, -0.1) is 0 Å². The quantitative estimate of drug-likeness (QED) is 0.397. The average molecular weight is 445 g/mol. The van der Waals surface area contributed by atoms with Crippen LogP contribution in [-0.4, -0.2) is 36.8 Å². The van der Waals surface area contributed by atoms with Crippen LogP contribution < -0.4 is 9.47 Å². The van der Waals surface area contributed by atoms with Gasteiger partial charge in [-0.3, -0.25) is 9.59 Å². The number of methoxy groups -OCH3 is 1. The first-order valence-electron chi connectivity index (χ1n) is 9.65. The minimum absolute atomic E-state index is 0.159. The fraction of sp³-hybridized carbons (Fsp3) is 0.476. The molecule has 2 amide bonds. The van der Waals surface area contributed by atoms with Crippen LogP contribution in [-0.2, 0) is 9.59 Å². The molecule has 0 N–H and O–H groups in total. The van der Waals surface area contributed by atoms with Gasteiger partial charge >= 0.3 is 0 Å². The Morgan fingerprint density at radius 3 is 2.39 bits per heavy atom. The van der Waals surface area contributed by atoms with E-state index in [0.717, 1.165) is 15.9 Å². The number of hydrogen-bond acceptors (Lipinski definition) is 5. The molecule has 28 heavy (non-hydrogen) atoms. The second-order valence-corrected chi connectivity index (χ2v) is 8.71. The summed E-state index contributed by atoms with van der Waals surface area (Å²) < 4.78 is 11.7. The normalized spacial score (nSPS) is 34.8. The van der Waals surface area contributed by atoms with E-state index >= 15 is 0 Å². The van der Waals surface area contributed by atoms with E-state index in [9.17, 15) is 9.59 Å². The molecule has 0 spiro atoms. The first-order valence-corrected chi connectivity index (χ1v) is 10.4. The first-order chi connectivity index (χ1) is 13.5. The van der Waals surface area contributed by atoms with E-state index in [4.69, 9.17) is 9.47 Å². The number of carbonyl (C=O) groups excluding carboxylic acids is 2. The number of halogens is 1. The van der Waals surface area contributed by atoms with Crippen LogP contribution >= 0.6 is 15.9 Å². The van der Waals surface area contributed by atoms with Gasteiger partial charge in [-0.05, 0) is 70.6 Å². The second kappa shape index (κ2) is 6.44. The van der Waals surface area contributed by atoms with Crippen LogP contribution in [0.5, 0.6) is 11.5 Å². The van der Waals surface area contributed by atoms with Crippen LogP contribution in [0, 0.1) is 35.5 Å². The van der Waals surface area contributed by atoms with Gasteiger partial charge in [-0.1, -0.05) is 12.2 Å². The second-order valence-electron chi connectivity index (χ2n) is 7.85. The average Bonchev–Trinajstić information content (AvgIpc) is 3.47. The van der Waals surface area contributed by atoms with Crippen LogP contribution in [0.15, 0.2) is 33.9 Å². The predicted octanol–water partition coefficient (Wildman–Crippen LogP) is 3.24. The van der Waals surface area contributed by atoms with Crippen molar-refractivity contribution in [3.8, 4) is 11.5 Å². The molecular weight excluding hydrogens is 424 g/mol. The third-order valence-corrected chi connectivity index (χ3v) is 7.09. The van der Waals surface area contributed by atoms with E-state index < -0.39 is 0 Å². The van der Waals surface area contributed by atoms with Gasteiger partial charge in [0.2, 0.25) is 0 Å². The van der Waals surface area contributed by atoms with Crippen molar-refractivity contribution in [3.63, 3.8) is 0 Å². The number of ether oxygens (including phenoxy) is 2. The maximum Gasteiger partial charge on any atom is 0.254 e. The summed E-state index contributed by atoms with van der Waals surface area (Å²) in [4.78, 5) is 25.9. The number of allylic oxidation sites excluding steroid dienone is 2. The molecule has 0 radical (unpaired) electrons. The maximum atomic E-state index is 13.0. The molecule has 6 nitrogen and oxygen atoms in total. The van der Waals surface area contributed by atoms with Crippen molar-refractivity contribution in [2.45, 2.75) is 13.3 Å². The minimum atomic E-state index is -0.231. The molecule has 7 heteroatoms. The van der Waals surface area contributed by atoms with Crippen molar-refractivity contribution < 1.29 is 19.1 Å². The lowest BCUT2D eigenvalue weighted by molar-refractivity contribution is -0.140. The number of nitrogens with zero attached hydrogens (tertiary/aromatic N) is 2. The van der Waals surface area contributed by atoms with Crippen LogP contribution in [0.4, 0.5) is 0 Å². The topological polar surface area (TPSA) is 68.2 Å². The molecule has 1 saturated heterocycles. The number of hydrogen-bond donors (Lipinski definition) is 0. The van der Waals surface area contributed by atoms with E-state index in [2.05, 4.69) is 33.2 Å². The summed E-state index contributed by atoms with van der Waals surface area (Å²) in [6.07, 6.45) is 7.00. The van der Waals surface area contributed by atoms with Crippen molar-refractivity contribution >= 4 is 34.0 Å². The Hall–Kier alpha value is -2.15. The highest BCUT2D eigenvalue weighted by atomic mass is 79.9. The van der Waals surface area contributed by atoms with Gasteiger partial charge < -0.3 is 9.47 Å². The third kappa shape index (κ3) is 2.48. The number of hydrazone groups is 1. The van der Waals surface area contributed by atoms with Crippen LogP contribution in [0.2, 0.25) is 0 Å². The fourth-order valence-electron chi connectivity index (χ4n) is 5.28. The number of benzene rings is 1. The standard InChI is InChI=1S/C21H21BrN2O4/c1-3-28-19-15(22)6-10(7-16(19)27-2)9-23-24-20(25)17-11-4-5-12(14-8-13(11)14)18(17)21(24)26/h4-7,9,11-14,17-18H,3,8H2,1-2H3/b23-9-/t11-,12-,13-,14-,17+,18+/m1/s1. The zero-order valence-electron chi connectivity index (χ0n) is 15.7. The molecule has 0 unspecified atom stereocenters. The molecule has 0 aromatic heterocycles. The van der Waals surface area contributed by atoms with Gasteiger partial charge in [0.1, 0.15) is 0 Å². The van der Waals surface area contributed by atoms with Gasteiger partial charge in [0, 0.05) is 0 Å². The van der Waals surface area contributed by atoms with Crippen molar-refractivity contribution in [1.82, 2.24) is 5.01 Å². The molecule has 1 heterocycles. The Labute approximate surface area is 171 Å². The maximum absolute atomic E-state index is 13.0. The molecule has 2 bridgehead atoms.